The van der Waals surface area contributed by atoms with Crippen molar-refractivity contribution in [2.24, 2.45) is 0 Å². The van der Waals surface area contributed by atoms with Gasteiger partial charge in [0.05, 0.1) is 34.5 Å². The predicted octanol–water partition coefficient (Wildman–Crippen LogP) is 10.9. The highest BCUT2D eigenvalue weighted by Gasteiger charge is 2.36. The summed E-state index contributed by atoms with van der Waals surface area (Å²) in [6.45, 7) is 11.2. The van der Waals surface area contributed by atoms with Crippen LogP contribution in [0.1, 0.15) is 138 Å². The number of halogens is 3. The molecule has 1 aliphatic rings. The third kappa shape index (κ3) is 34.3. The van der Waals surface area contributed by atoms with Gasteiger partial charge in [-0.05, 0) is 127 Å². The van der Waals surface area contributed by atoms with Crippen LogP contribution in [0.5, 0.6) is 11.5 Å². The lowest BCUT2D eigenvalue weighted by atomic mass is 9.98. The second-order valence-electron chi connectivity index (χ2n) is 21.2. The standard InChI is InChI=1S/C29H38N2O8.C23H31N3O8.C9H11NO3.CHCl3.CH4/c1-29(2,3)39-28(35)31-23(13-9-10-16-30-27(34)38-19-20-11-7-6-8-12-20)24(32)18-21-14-15-25(36-4)22(17-21)26(33)37-5;1-23(2,3)33-22(31)25-17(20(29)34-26-18(27)12-13-19(26)28)11-7-8-14-24-21(30)32-15-16-9-5-4-6-10-16;1-12-8-4-3-6(10)5-7(8)9(11)13-2;2-1(3)4;/h6-8,11-12,14-15,17,23H,9-10,13,16,18-19H2,1-5H3,(H,30,34)(H,31,35);4-6,9-10,17H,7-8,11-15H2,1-3H3,(H,24,30)(H,25,31);3-5H,10H2,1-2H3;1H;1H4/t23-;17-;;;/m00.../s1. The van der Waals surface area contributed by atoms with E-state index in [4.69, 9.17) is 78.5 Å². The number of amides is 6. The number of rotatable bonds is 25. The topological polar surface area (TPSA) is 331 Å². The Morgan fingerprint density at radius 1 is 0.549 bits per heavy atom. The fourth-order valence-electron chi connectivity index (χ4n) is 7.60. The first-order valence-corrected chi connectivity index (χ1v) is 29.5. The summed E-state index contributed by atoms with van der Waals surface area (Å²) in [6.07, 6.45) is -0.285. The molecule has 0 spiro atoms. The lowest BCUT2D eigenvalue weighted by molar-refractivity contribution is -0.199. The van der Waals surface area contributed by atoms with Crippen LogP contribution in [0.2, 0.25) is 0 Å². The number of hydroxylamine groups is 2. The number of nitrogen functional groups attached to an aromatic ring is 1. The number of nitrogens with zero attached hydrogens (tertiary/aromatic N) is 1. The Morgan fingerprint density at radius 2 is 0.956 bits per heavy atom. The Balaban J connectivity index is 0.000000721. The molecule has 0 radical (unpaired) electrons. The number of ether oxygens (including phenoxy) is 8. The molecule has 0 saturated carbocycles. The molecule has 4 aromatic carbocycles. The fraction of sp³-hybridized carbons (Fsp3) is 0.460. The van der Waals surface area contributed by atoms with Gasteiger partial charge in [0.25, 0.3) is 11.8 Å². The van der Waals surface area contributed by atoms with E-state index < -0.39 is 81.7 Å². The summed E-state index contributed by atoms with van der Waals surface area (Å²) in [6, 6.07) is 26.2. The number of carbonyl (C=O) groups is 10. The van der Waals surface area contributed by atoms with Crippen LogP contribution < -0.4 is 36.5 Å². The number of anilines is 1. The number of imide groups is 1. The number of ketones is 1. The van der Waals surface area contributed by atoms with Crippen molar-refractivity contribution in [2.75, 3.05) is 47.3 Å². The summed E-state index contributed by atoms with van der Waals surface area (Å²) in [4.78, 5) is 126. The van der Waals surface area contributed by atoms with Crippen LogP contribution in [-0.4, -0.2) is 134 Å². The van der Waals surface area contributed by atoms with E-state index in [1.165, 1.54) is 40.6 Å². The Bertz CT molecular complexity index is 2940. The molecule has 0 aromatic heterocycles. The third-order valence-electron chi connectivity index (χ3n) is 11.7. The zero-order valence-corrected chi connectivity index (χ0v) is 54.3. The van der Waals surface area contributed by atoms with E-state index >= 15 is 0 Å². The minimum absolute atomic E-state index is 0. The number of unbranched alkanes of at least 4 members (excludes halogenated alkanes) is 2. The van der Waals surface area contributed by atoms with E-state index in [1.54, 1.807) is 65.8 Å². The summed E-state index contributed by atoms with van der Waals surface area (Å²) in [5.41, 5.74) is 7.35. The minimum Gasteiger partial charge on any atom is -0.496 e. The average molecular weight is 1340 g/mol. The molecule has 6 amide bonds. The van der Waals surface area contributed by atoms with Gasteiger partial charge in [-0.2, -0.15) is 0 Å². The van der Waals surface area contributed by atoms with Crippen molar-refractivity contribution >= 4 is 100 Å². The highest BCUT2D eigenvalue weighted by Crippen LogP contribution is 2.24. The normalized spacial score (nSPS) is 12.1. The van der Waals surface area contributed by atoms with Crippen molar-refractivity contribution in [2.45, 2.75) is 148 Å². The predicted molar refractivity (Wildman–Crippen MR) is 340 cm³/mol. The maximum absolute atomic E-state index is 13.2. The largest absolute Gasteiger partial charge is 0.496 e. The summed E-state index contributed by atoms with van der Waals surface area (Å²) in [5, 5.41) is 10.8. The van der Waals surface area contributed by atoms with E-state index in [0.717, 1.165) is 11.1 Å². The van der Waals surface area contributed by atoms with Gasteiger partial charge in [-0.25, -0.2) is 33.6 Å². The molecule has 1 fully saturated rings. The molecule has 1 aliphatic heterocycles. The van der Waals surface area contributed by atoms with E-state index in [-0.39, 0.29) is 64.2 Å². The number of carbonyl (C=O) groups excluding carboxylic acids is 10. The molecule has 25 nitrogen and oxygen atoms in total. The first kappa shape index (κ1) is 80.5. The number of benzene rings is 4. The molecule has 28 heteroatoms. The molecular weight excluding hydrogens is 1250 g/mol. The van der Waals surface area contributed by atoms with Crippen LogP contribution in [0.3, 0.4) is 0 Å². The molecule has 6 N–H and O–H groups in total. The lowest BCUT2D eigenvalue weighted by Gasteiger charge is -2.23. The average Bonchev–Trinajstić information content (AvgIpc) is 2.71. The number of alkyl halides is 3. The van der Waals surface area contributed by atoms with Crippen molar-refractivity contribution in [3.63, 3.8) is 0 Å². The van der Waals surface area contributed by atoms with E-state index in [1.807, 2.05) is 60.7 Å². The molecule has 0 bridgehead atoms. The molecule has 1 heterocycles. The summed E-state index contributed by atoms with van der Waals surface area (Å²) in [7, 11) is 5.49. The number of esters is 2. The SMILES string of the molecule is C.CC(C)(C)OC(=O)N[C@@H](CCCCNC(=O)OCc1ccccc1)C(=O)ON1C(=O)CCC1=O.COC(=O)c1cc(CC(=O)[C@H](CCCCNC(=O)OCc2ccccc2)NC(=O)OC(C)(C)C)ccc1OC.COC(=O)c1cc(N)ccc1OC.ClC(Cl)Cl. The molecule has 1 saturated heterocycles. The van der Waals surface area contributed by atoms with Gasteiger partial charge in [-0.15, -0.1) is 5.06 Å². The zero-order chi connectivity index (χ0) is 67.4. The van der Waals surface area contributed by atoms with Gasteiger partial charge in [0.1, 0.15) is 53.1 Å². The van der Waals surface area contributed by atoms with Crippen LogP contribution in [0, 0.1) is 0 Å². The molecule has 502 valence electrons. The van der Waals surface area contributed by atoms with E-state index in [0.29, 0.717) is 72.0 Å². The van der Waals surface area contributed by atoms with Gasteiger partial charge in [0.2, 0.25) is 0 Å². The third-order valence-corrected chi connectivity index (χ3v) is 11.7. The van der Waals surface area contributed by atoms with Crippen LogP contribution in [-0.2, 0) is 72.1 Å². The number of hydrogen-bond acceptors (Lipinski definition) is 20. The van der Waals surface area contributed by atoms with Crippen molar-refractivity contribution < 1.29 is 90.7 Å². The molecule has 0 aliphatic carbocycles. The maximum atomic E-state index is 13.2. The van der Waals surface area contributed by atoms with Crippen LogP contribution in [0.25, 0.3) is 0 Å². The Labute approximate surface area is 546 Å². The summed E-state index contributed by atoms with van der Waals surface area (Å²) >= 11 is 14.4. The molecule has 4 aromatic rings. The number of nitrogens with two attached hydrogens (primary N) is 1. The number of alkyl carbamates (subject to hydrolysis) is 4. The van der Waals surface area contributed by atoms with Gasteiger partial charge in [0.15, 0.2) is 10.1 Å². The summed E-state index contributed by atoms with van der Waals surface area (Å²) < 4.78 is 39.6. The smallest absolute Gasteiger partial charge is 0.408 e. The maximum Gasteiger partial charge on any atom is 0.408 e. The fourth-order valence-corrected chi connectivity index (χ4v) is 7.60. The van der Waals surface area contributed by atoms with Crippen molar-refractivity contribution in [1.29, 1.82) is 0 Å². The quantitative estimate of drug-likeness (QED) is 0.0103. The number of nitrogens with one attached hydrogen (secondary N) is 4. The molecule has 0 unspecified atom stereocenters. The first-order chi connectivity index (χ1) is 42.5. The summed E-state index contributed by atoms with van der Waals surface area (Å²) in [5.74, 6) is -2.69. The van der Waals surface area contributed by atoms with Crippen LogP contribution in [0.15, 0.2) is 97.1 Å². The monoisotopic (exact) mass is 1330 g/mol. The van der Waals surface area contributed by atoms with Crippen molar-refractivity contribution in [3.05, 3.63) is 125 Å². The van der Waals surface area contributed by atoms with Gasteiger partial charge in [-0.3, -0.25) is 14.4 Å². The molecule has 5 rings (SSSR count). The molecular formula is C63H85Cl3N6O19. The Hall–Kier alpha value is -8.55. The second kappa shape index (κ2) is 42.4. The Kier molecular flexibility index (Phi) is 37.5. The number of methoxy groups -OCH3 is 4. The first-order valence-electron chi connectivity index (χ1n) is 28.2. The van der Waals surface area contributed by atoms with Gasteiger partial charge in [-0.1, -0.05) is 109 Å². The van der Waals surface area contributed by atoms with Crippen molar-refractivity contribution in [3.8, 4) is 11.5 Å². The van der Waals surface area contributed by atoms with Crippen molar-refractivity contribution in [1.82, 2.24) is 26.3 Å². The highest BCUT2D eigenvalue weighted by molar-refractivity contribution is 6.63. The lowest BCUT2D eigenvalue weighted by Crippen LogP contribution is -2.46. The van der Waals surface area contributed by atoms with E-state index in [2.05, 4.69) is 26.0 Å². The number of Topliss-reactive ketones (excluding diaryl/α,β-unsaturated/α-hetero) is 1. The molecule has 2 atom stereocenters. The van der Waals surface area contributed by atoms with Gasteiger partial charge < -0.3 is 69.7 Å². The molecule has 91 heavy (non-hydrogen) atoms. The minimum atomic E-state index is -1.15. The number of hydrogen-bond donors (Lipinski definition) is 5. The van der Waals surface area contributed by atoms with Crippen LogP contribution in [0.4, 0.5) is 24.9 Å². The van der Waals surface area contributed by atoms with E-state index in [9.17, 15) is 47.9 Å². The second-order valence-corrected chi connectivity index (χ2v) is 23.2. The zero-order valence-electron chi connectivity index (χ0n) is 52.1. The highest BCUT2D eigenvalue weighted by atomic mass is 35.6. The Morgan fingerprint density at radius 3 is 1.37 bits per heavy atom. The van der Waals surface area contributed by atoms with Gasteiger partial charge >= 0.3 is 42.3 Å². The van der Waals surface area contributed by atoms with Gasteiger partial charge in [0, 0.05) is 38.0 Å². The van der Waals surface area contributed by atoms with Crippen LogP contribution >= 0.6 is 34.8 Å².